The summed E-state index contributed by atoms with van der Waals surface area (Å²) in [5.41, 5.74) is 1.85. The van der Waals surface area contributed by atoms with Crippen LogP contribution in [0.5, 0.6) is 0 Å². The molecule has 0 saturated heterocycles. The largest absolute Gasteiger partial charge is 0.268 e. The SMILES string of the molecule is CS(=O)(=O)NCCn1nc2c(cc1=O)CCCC2. The Bertz CT molecular complexity index is 592. The van der Waals surface area contributed by atoms with E-state index in [1.54, 1.807) is 6.07 Å². The topological polar surface area (TPSA) is 81.1 Å². The lowest BCUT2D eigenvalue weighted by Gasteiger charge is -2.15. The molecule has 18 heavy (non-hydrogen) atoms. The molecule has 1 aliphatic carbocycles. The standard InChI is InChI=1S/C11H17N3O3S/c1-18(16,17)12-6-7-14-11(15)8-9-4-2-3-5-10(9)13-14/h8,12H,2-7H2,1H3. The molecule has 0 atom stereocenters. The highest BCUT2D eigenvalue weighted by Crippen LogP contribution is 2.16. The van der Waals surface area contributed by atoms with Crippen LogP contribution in [-0.4, -0.2) is 31.0 Å². The highest BCUT2D eigenvalue weighted by Gasteiger charge is 2.13. The minimum Gasteiger partial charge on any atom is -0.268 e. The Kier molecular flexibility index (Phi) is 3.82. The van der Waals surface area contributed by atoms with E-state index in [-0.39, 0.29) is 18.6 Å². The average molecular weight is 271 g/mol. The lowest BCUT2D eigenvalue weighted by molar-refractivity contribution is 0.528. The Labute approximate surface area is 106 Å². The average Bonchev–Trinajstić information content (AvgIpc) is 2.28. The molecule has 0 bridgehead atoms. The Hall–Kier alpha value is -1.21. The molecule has 0 amide bonds. The maximum atomic E-state index is 11.8. The van der Waals surface area contributed by atoms with Gasteiger partial charge in [0.05, 0.1) is 18.5 Å². The highest BCUT2D eigenvalue weighted by atomic mass is 32.2. The quantitative estimate of drug-likeness (QED) is 0.813. The molecule has 0 spiro atoms. The Morgan fingerprint density at radius 2 is 2.11 bits per heavy atom. The van der Waals surface area contributed by atoms with Crippen LogP contribution in [0.4, 0.5) is 0 Å². The zero-order valence-corrected chi connectivity index (χ0v) is 11.2. The first kappa shape index (κ1) is 13.2. The molecule has 0 radical (unpaired) electrons. The van der Waals surface area contributed by atoms with Crippen LogP contribution in [0.25, 0.3) is 0 Å². The van der Waals surface area contributed by atoms with Gasteiger partial charge in [0.2, 0.25) is 10.0 Å². The van der Waals surface area contributed by atoms with Gasteiger partial charge in [0.25, 0.3) is 5.56 Å². The van der Waals surface area contributed by atoms with E-state index in [1.165, 1.54) is 4.68 Å². The predicted octanol–water partition coefficient (Wildman–Crippen LogP) is -0.329. The molecular formula is C11H17N3O3S. The molecular weight excluding hydrogens is 254 g/mol. The number of nitrogens with zero attached hydrogens (tertiary/aromatic N) is 2. The van der Waals surface area contributed by atoms with Crippen LogP contribution < -0.4 is 10.3 Å². The van der Waals surface area contributed by atoms with Crippen LogP contribution in [0.1, 0.15) is 24.1 Å². The van der Waals surface area contributed by atoms with Crippen molar-refractivity contribution < 1.29 is 8.42 Å². The van der Waals surface area contributed by atoms with Crippen molar-refractivity contribution in [1.82, 2.24) is 14.5 Å². The highest BCUT2D eigenvalue weighted by molar-refractivity contribution is 7.88. The fourth-order valence-electron chi connectivity index (χ4n) is 2.10. The zero-order chi connectivity index (χ0) is 13.2. The van der Waals surface area contributed by atoms with E-state index in [2.05, 4.69) is 9.82 Å². The molecule has 0 aliphatic heterocycles. The van der Waals surface area contributed by atoms with E-state index in [0.717, 1.165) is 43.2 Å². The second kappa shape index (κ2) is 5.19. The maximum absolute atomic E-state index is 11.8. The summed E-state index contributed by atoms with van der Waals surface area (Å²) in [6, 6.07) is 1.63. The smallest absolute Gasteiger partial charge is 0.267 e. The first-order valence-electron chi connectivity index (χ1n) is 6.00. The molecule has 100 valence electrons. The molecule has 1 N–H and O–H groups in total. The number of aryl methyl sites for hydroxylation is 2. The monoisotopic (exact) mass is 271 g/mol. The van der Waals surface area contributed by atoms with Crippen LogP contribution in [0.15, 0.2) is 10.9 Å². The molecule has 0 saturated carbocycles. The van der Waals surface area contributed by atoms with Crippen LogP contribution >= 0.6 is 0 Å². The molecule has 0 aromatic carbocycles. The van der Waals surface area contributed by atoms with E-state index in [0.29, 0.717) is 0 Å². The molecule has 6 nitrogen and oxygen atoms in total. The number of nitrogens with one attached hydrogen (secondary N) is 1. The second-order valence-corrected chi connectivity index (χ2v) is 6.38. The lowest BCUT2D eigenvalue weighted by Crippen LogP contribution is -2.32. The number of hydrogen-bond donors (Lipinski definition) is 1. The third kappa shape index (κ3) is 3.39. The van der Waals surface area contributed by atoms with Crippen molar-refractivity contribution in [3.05, 3.63) is 27.7 Å². The van der Waals surface area contributed by atoms with E-state index in [9.17, 15) is 13.2 Å². The van der Waals surface area contributed by atoms with Crippen LogP contribution in [-0.2, 0) is 29.4 Å². The summed E-state index contributed by atoms with van der Waals surface area (Å²) in [5, 5.41) is 4.30. The van der Waals surface area contributed by atoms with Crippen molar-refractivity contribution in [2.45, 2.75) is 32.2 Å². The fourth-order valence-corrected chi connectivity index (χ4v) is 2.56. The summed E-state index contributed by atoms with van der Waals surface area (Å²) in [6.45, 7) is 0.448. The van der Waals surface area contributed by atoms with Gasteiger partial charge >= 0.3 is 0 Å². The Morgan fingerprint density at radius 1 is 1.39 bits per heavy atom. The minimum atomic E-state index is -3.22. The van der Waals surface area contributed by atoms with Crippen molar-refractivity contribution in [2.24, 2.45) is 0 Å². The molecule has 1 aliphatic rings. The van der Waals surface area contributed by atoms with Crippen molar-refractivity contribution in [3.63, 3.8) is 0 Å². The van der Waals surface area contributed by atoms with Crippen LogP contribution in [0.2, 0.25) is 0 Å². The van der Waals surface area contributed by atoms with Gasteiger partial charge in [-0.15, -0.1) is 0 Å². The Balaban J connectivity index is 2.11. The summed E-state index contributed by atoms with van der Waals surface area (Å²) in [7, 11) is -3.22. The normalized spacial score (nSPS) is 15.4. The van der Waals surface area contributed by atoms with Crippen molar-refractivity contribution in [1.29, 1.82) is 0 Å². The van der Waals surface area contributed by atoms with Crippen LogP contribution in [0, 0.1) is 0 Å². The molecule has 1 aromatic rings. The van der Waals surface area contributed by atoms with Gasteiger partial charge in [0.1, 0.15) is 0 Å². The van der Waals surface area contributed by atoms with Gasteiger partial charge in [-0.1, -0.05) is 0 Å². The maximum Gasteiger partial charge on any atom is 0.267 e. The van der Waals surface area contributed by atoms with E-state index >= 15 is 0 Å². The fraction of sp³-hybridized carbons (Fsp3) is 0.636. The van der Waals surface area contributed by atoms with Gasteiger partial charge in [-0.2, -0.15) is 5.10 Å². The third-order valence-electron chi connectivity index (χ3n) is 2.96. The minimum absolute atomic E-state index is 0.161. The van der Waals surface area contributed by atoms with Crippen molar-refractivity contribution in [3.8, 4) is 0 Å². The summed E-state index contributed by atoms with van der Waals surface area (Å²) >= 11 is 0. The predicted molar refractivity (Wildman–Crippen MR) is 68.0 cm³/mol. The summed E-state index contributed by atoms with van der Waals surface area (Å²) in [5.74, 6) is 0. The summed E-state index contributed by atoms with van der Waals surface area (Å²) < 4.78 is 25.5. The van der Waals surface area contributed by atoms with E-state index in [4.69, 9.17) is 0 Å². The van der Waals surface area contributed by atoms with Gasteiger partial charge in [0, 0.05) is 12.6 Å². The van der Waals surface area contributed by atoms with Crippen LogP contribution in [0.3, 0.4) is 0 Å². The van der Waals surface area contributed by atoms with Gasteiger partial charge in [0.15, 0.2) is 0 Å². The first-order chi connectivity index (χ1) is 8.46. The van der Waals surface area contributed by atoms with E-state index in [1.807, 2.05) is 0 Å². The molecule has 1 heterocycles. The van der Waals surface area contributed by atoms with E-state index < -0.39 is 10.0 Å². The number of aromatic nitrogens is 2. The number of fused-ring (bicyclic) bond motifs is 1. The van der Waals surface area contributed by atoms with Gasteiger partial charge in [-0.3, -0.25) is 4.79 Å². The number of sulfonamides is 1. The molecule has 2 rings (SSSR count). The second-order valence-electron chi connectivity index (χ2n) is 4.55. The van der Waals surface area contributed by atoms with Gasteiger partial charge in [-0.25, -0.2) is 17.8 Å². The number of rotatable bonds is 4. The van der Waals surface area contributed by atoms with Gasteiger partial charge in [-0.05, 0) is 31.2 Å². The molecule has 1 aromatic heterocycles. The summed E-state index contributed by atoms with van der Waals surface area (Å²) in [6.07, 6.45) is 5.11. The lowest BCUT2D eigenvalue weighted by atomic mass is 9.97. The zero-order valence-electron chi connectivity index (χ0n) is 10.3. The third-order valence-corrected chi connectivity index (χ3v) is 3.69. The molecule has 7 heteroatoms. The van der Waals surface area contributed by atoms with Crippen molar-refractivity contribution >= 4 is 10.0 Å². The van der Waals surface area contributed by atoms with Gasteiger partial charge < -0.3 is 0 Å². The first-order valence-corrected chi connectivity index (χ1v) is 7.89. The summed E-state index contributed by atoms with van der Waals surface area (Å²) in [4.78, 5) is 11.8. The Morgan fingerprint density at radius 3 is 2.83 bits per heavy atom. The van der Waals surface area contributed by atoms with Crippen molar-refractivity contribution in [2.75, 3.05) is 12.8 Å². The molecule has 0 unspecified atom stereocenters. The number of hydrogen-bond acceptors (Lipinski definition) is 4. The molecule has 0 fully saturated rings.